The van der Waals surface area contributed by atoms with Crippen molar-refractivity contribution in [2.45, 2.75) is 19.4 Å². The zero-order chi connectivity index (χ0) is 21.3. The maximum absolute atomic E-state index is 12.6. The smallest absolute Gasteiger partial charge is 0.252 e. The summed E-state index contributed by atoms with van der Waals surface area (Å²) in [7, 11) is 3.13. The maximum Gasteiger partial charge on any atom is 0.252 e. The highest BCUT2D eigenvalue weighted by atomic mass is 16.5. The molecule has 0 unspecified atom stereocenters. The molecule has 154 valence electrons. The van der Waals surface area contributed by atoms with Gasteiger partial charge in [-0.3, -0.25) is 14.9 Å². The highest BCUT2D eigenvalue weighted by molar-refractivity contribution is 6.01. The molecule has 2 N–H and O–H groups in total. The molecule has 1 aliphatic rings. The van der Waals surface area contributed by atoms with Gasteiger partial charge in [-0.05, 0) is 48.9 Å². The normalized spacial score (nSPS) is 14.8. The number of anilines is 2. The summed E-state index contributed by atoms with van der Waals surface area (Å²) in [6, 6.07) is 12.0. The summed E-state index contributed by atoms with van der Waals surface area (Å²) in [5.74, 6) is 1.40. The summed E-state index contributed by atoms with van der Waals surface area (Å²) in [5.41, 5.74) is 2.31. The molecule has 1 aliphatic heterocycles. The number of ether oxygens (including phenoxy) is 2. The Hall–Kier alpha value is -3.88. The number of amides is 2. The number of aryl methyl sites for hydroxylation is 1. The van der Waals surface area contributed by atoms with Crippen molar-refractivity contribution >= 4 is 23.5 Å². The van der Waals surface area contributed by atoms with E-state index in [1.54, 1.807) is 25.3 Å². The quantitative estimate of drug-likeness (QED) is 0.651. The summed E-state index contributed by atoms with van der Waals surface area (Å²) in [4.78, 5) is 29.4. The van der Waals surface area contributed by atoms with Gasteiger partial charge in [-0.25, -0.2) is 4.68 Å². The second-order valence-electron chi connectivity index (χ2n) is 6.89. The van der Waals surface area contributed by atoms with E-state index < -0.39 is 6.04 Å². The first-order valence-corrected chi connectivity index (χ1v) is 9.35. The van der Waals surface area contributed by atoms with E-state index in [0.29, 0.717) is 23.2 Å². The molecule has 3 aromatic rings. The zero-order valence-corrected chi connectivity index (χ0v) is 16.8. The molecule has 0 spiro atoms. The fraction of sp³-hybridized carbons (Fsp3) is 0.238. The predicted molar refractivity (Wildman–Crippen MR) is 111 cm³/mol. The minimum absolute atomic E-state index is 0.0820. The third-order valence-corrected chi connectivity index (χ3v) is 4.82. The van der Waals surface area contributed by atoms with Crippen molar-refractivity contribution in [3.05, 3.63) is 48.0 Å². The largest absolute Gasteiger partial charge is 0.497 e. The Bertz CT molecular complexity index is 1110. The molecule has 0 fully saturated rings. The lowest BCUT2D eigenvalue weighted by Crippen LogP contribution is -2.24. The SMILES string of the molecule is COc1ccc(-c2nc3n(n2)[C@H](CC(=O)Nc2cc(C)ccc2OC)C(=O)N3)cc1. The van der Waals surface area contributed by atoms with Crippen molar-refractivity contribution in [3.8, 4) is 22.9 Å². The van der Waals surface area contributed by atoms with E-state index in [4.69, 9.17) is 9.47 Å². The molecule has 1 aromatic heterocycles. The molecular weight excluding hydrogens is 386 g/mol. The van der Waals surface area contributed by atoms with Gasteiger partial charge in [0.15, 0.2) is 5.82 Å². The van der Waals surface area contributed by atoms with Crippen LogP contribution in [0.4, 0.5) is 11.6 Å². The first kappa shape index (κ1) is 19.4. The van der Waals surface area contributed by atoms with Crippen LogP contribution < -0.4 is 20.1 Å². The van der Waals surface area contributed by atoms with Crippen LogP contribution in [-0.2, 0) is 9.59 Å². The zero-order valence-electron chi connectivity index (χ0n) is 16.8. The van der Waals surface area contributed by atoms with Crippen molar-refractivity contribution in [1.29, 1.82) is 0 Å². The van der Waals surface area contributed by atoms with Crippen LogP contribution >= 0.6 is 0 Å². The van der Waals surface area contributed by atoms with Gasteiger partial charge in [-0.15, -0.1) is 5.10 Å². The van der Waals surface area contributed by atoms with E-state index in [1.807, 2.05) is 31.2 Å². The lowest BCUT2D eigenvalue weighted by Gasteiger charge is -2.13. The van der Waals surface area contributed by atoms with Crippen LogP contribution in [0.3, 0.4) is 0 Å². The van der Waals surface area contributed by atoms with Gasteiger partial charge in [0.25, 0.3) is 5.91 Å². The summed E-state index contributed by atoms with van der Waals surface area (Å²) >= 11 is 0. The van der Waals surface area contributed by atoms with Crippen LogP contribution in [0.5, 0.6) is 11.5 Å². The lowest BCUT2D eigenvalue weighted by molar-refractivity contribution is -0.123. The van der Waals surface area contributed by atoms with Gasteiger partial charge in [0, 0.05) is 5.56 Å². The predicted octanol–water partition coefficient (Wildman–Crippen LogP) is 2.79. The van der Waals surface area contributed by atoms with Crippen molar-refractivity contribution in [3.63, 3.8) is 0 Å². The Labute approximate surface area is 173 Å². The Morgan fingerprint density at radius 3 is 2.63 bits per heavy atom. The Morgan fingerprint density at radius 1 is 1.17 bits per heavy atom. The topological polar surface area (TPSA) is 107 Å². The van der Waals surface area contributed by atoms with Crippen molar-refractivity contribution < 1.29 is 19.1 Å². The molecule has 4 rings (SSSR count). The van der Waals surface area contributed by atoms with Gasteiger partial charge in [-0.1, -0.05) is 6.07 Å². The molecule has 1 atom stereocenters. The number of aromatic nitrogens is 3. The van der Waals surface area contributed by atoms with Gasteiger partial charge in [-0.2, -0.15) is 4.98 Å². The molecule has 2 amide bonds. The van der Waals surface area contributed by atoms with Gasteiger partial charge in [0.2, 0.25) is 11.9 Å². The monoisotopic (exact) mass is 407 g/mol. The molecule has 0 saturated heterocycles. The maximum atomic E-state index is 12.6. The highest BCUT2D eigenvalue weighted by Crippen LogP contribution is 2.30. The molecule has 0 radical (unpaired) electrons. The third kappa shape index (κ3) is 3.69. The minimum atomic E-state index is -0.782. The Kier molecular flexibility index (Phi) is 5.09. The second kappa shape index (κ2) is 7.86. The molecule has 0 aliphatic carbocycles. The second-order valence-corrected chi connectivity index (χ2v) is 6.89. The first-order chi connectivity index (χ1) is 14.5. The summed E-state index contributed by atoms with van der Waals surface area (Å²) in [5, 5.41) is 9.93. The van der Waals surface area contributed by atoms with Gasteiger partial charge in [0.1, 0.15) is 17.5 Å². The number of rotatable bonds is 6. The summed E-state index contributed by atoms with van der Waals surface area (Å²) in [6.45, 7) is 1.92. The number of hydrogen-bond acceptors (Lipinski definition) is 6. The van der Waals surface area contributed by atoms with E-state index in [0.717, 1.165) is 16.9 Å². The van der Waals surface area contributed by atoms with Gasteiger partial charge in [0.05, 0.1) is 26.3 Å². The van der Waals surface area contributed by atoms with E-state index in [1.165, 1.54) is 11.8 Å². The summed E-state index contributed by atoms with van der Waals surface area (Å²) < 4.78 is 11.9. The average Bonchev–Trinajstić information content (AvgIpc) is 3.27. The first-order valence-electron chi connectivity index (χ1n) is 9.35. The fourth-order valence-corrected chi connectivity index (χ4v) is 3.27. The minimum Gasteiger partial charge on any atom is -0.497 e. The van der Waals surface area contributed by atoms with Crippen LogP contribution in [0.2, 0.25) is 0 Å². The number of methoxy groups -OCH3 is 2. The van der Waals surface area contributed by atoms with E-state index >= 15 is 0 Å². The molecule has 2 aromatic carbocycles. The number of hydrogen-bond donors (Lipinski definition) is 2. The van der Waals surface area contributed by atoms with Crippen LogP contribution in [0, 0.1) is 6.92 Å². The molecule has 9 nitrogen and oxygen atoms in total. The van der Waals surface area contributed by atoms with Crippen LogP contribution in [0.25, 0.3) is 11.4 Å². The molecular formula is C21H21N5O4. The Balaban J connectivity index is 1.52. The standard InChI is InChI=1S/C21H21N5O4/c1-12-4-9-17(30-3)15(10-12)22-18(27)11-16-20(28)24-21-23-19(25-26(16)21)13-5-7-14(29-2)8-6-13/h4-10,16H,11H2,1-3H3,(H,22,27)(H,23,24,25,28)/t16-/m1/s1. The lowest BCUT2D eigenvalue weighted by atomic mass is 10.1. The van der Waals surface area contributed by atoms with E-state index in [-0.39, 0.29) is 18.2 Å². The molecule has 0 saturated carbocycles. The number of carbonyl (C=O) groups is 2. The van der Waals surface area contributed by atoms with Crippen LogP contribution in [0.1, 0.15) is 18.0 Å². The molecule has 2 heterocycles. The molecule has 30 heavy (non-hydrogen) atoms. The average molecular weight is 407 g/mol. The number of nitrogens with zero attached hydrogens (tertiary/aromatic N) is 3. The van der Waals surface area contributed by atoms with Crippen LogP contribution in [0.15, 0.2) is 42.5 Å². The van der Waals surface area contributed by atoms with E-state index in [2.05, 4.69) is 20.7 Å². The highest BCUT2D eigenvalue weighted by Gasteiger charge is 2.35. The summed E-state index contributed by atoms with van der Waals surface area (Å²) in [6.07, 6.45) is -0.0820. The molecule has 9 heteroatoms. The number of benzene rings is 2. The van der Waals surface area contributed by atoms with Gasteiger partial charge >= 0.3 is 0 Å². The number of nitrogens with one attached hydrogen (secondary N) is 2. The third-order valence-electron chi connectivity index (χ3n) is 4.82. The number of carbonyl (C=O) groups excluding carboxylic acids is 2. The van der Waals surface area contributed by atoms with E-state index in [9.17, 15) is 9.59 Å². The molecule has 0 bridgehead atoms. The fourth-order valence-electron chi connectivity index (χ4n) is 3.27. The van der Waals surface area contributed by atoms with Crippen molar-refractivity contribution in [2.24, 2.45) is 0 Å². The number of fused-ring (bicyclic) bond motifs is 1. The van der Waals surface area contributed by atoms with Crippen molar-refractivity contribution in [2.75, 3.05) is 24.9 Å². The Morgan fingerprint density at radius 2 is 1.93 bits per heavy atom. The van der Waals surface area contributed by atoms with Crippen LogP contribution in [-0.4, -0.2) is 40.8 Å². The van der Waals surface area contributed by atoms with Crippen molar-refractivity contribution in [1.82, 2.24) is 14.8 Å². The van der Waals surface area contributed by atoms with Gasteiger partial charge < -0.3 is 14.8 Å².